The smallest absolute Gasteiger partial charge is 0.188 e. The fourth-order valence-corrected chi connectivity index (χ4v) is 5.34. The molecule has 2 aromatic carbocycles. The van der Waals surface area contributed by atoms with Crippen molar-refractivity contribution < 1.29 is 9.19 Å². The van der Waals surface area contributed by atoms with E-state index in [2.05, 4.69) is 60.1 Å². The second kappa shape index (κ2) is 7.19. The number of hydrogen-bond acceptors (Lipinski definition) is 2. The Kier molecular flexibility index (Phi) is 5.46. The van der Waals surface area contributed by atoms with Crippen LogP contribution in [0.2, 0.25) is 18.1 Å². The summed E-state index contributed by atoms with van der Waals surface area (Å²) in [6.45, 7) is 8.29. The third-order valence-electron chi connectivity index (χ3n) is 5.50. The van der Waals surface area contributed by atoms with E-state index in [-0.39, 0.29) is 16.8 Å². The lowest BCUT2D eigenvalue weighted by Gasteiger charge is -2.38. The Labute approximate surface area is 168 Å². The van der Waals surface area contributed by atoms with E-state index in [1.54, 1.807) is 11.3 Å². The van der Waals surface area contributed by atoms with Crippen molar-refractivity contribution >= 4 is 45.7 Å². The number of fused-ring (bicyclic) bond motifs is 1. The van der Waals surface area contributed by atoms with Crippen LogP contribution >= 0.6 is 27.3 Å². The topological polar surface area (TPSA) is 20.2 Å². The second-order valence-corrected chi connectivity index (χ2v) is 14.5. The minimum Gasteiger partial charge on any atom is -0.432 e. The van der Waals surface area contributed by atoms with Crippen LogP contribution in [0.5, 0.6) is 0 Å². The summed E-state index contributed by atoms with van der Waals surface area (Å²) in [7, 11) is -2.36. The van der Waals surface area contributed by atoms with Gasteiger partial charge in [0.15, 0.2) is 8.32 Å². The van der Waals surface area contributed by atoms with Crippen molar-refractivity contribution in [1.82, 2.24) is 0 Å². The van der Waals surface area contributed by atoms with Gasteiger partial charge in [-0.05, 0) is 75.7 Å². The average molecular weight is 451 g/mol. The Morgan fingerprint density at radius 1 is 1.15 bits per heavy atom. The molecule has 1 nitrogen and oxygen atoms in total. The minimum atomic E-state index is -2.36. The van der Waals surface area contributed by atoms with Gasteiger partial charge in [-0.2, -0.15) is 0 Å². The highest BCUT2D eigenvalue weighted by molar-refractivity contribution is 9.10. The summed E-state index contributed by atoms with van der Waals surface area (Å²) in [5.74, 6) is -0.127. The molecule has 0 bridgehead atoms. The first-order chi connectivity index (χ1) is 12.1. The molecular formula is C21H24BrFOSSi. The van der Waals surface area contributed by atoms with E-state index in [4.69, 9.17) is 0 Å². The first-order valence-corrected chi connectivity index (χ1v) is 13.3. The van der Waals surface area contributed by atoms with Crippen molar-refractivity contribution in [1.29, 1.82) is 0 Å². The average Bonchev–Trinajstić information content (AvgIpc) is 2.98. The van der Waals surface area contributed by atoms with E-state index in [0.717, 1.165) is 12.0 Å². The van der Waals surface area contributed by atoms with Gasteiger partial charge in [0.05, 0.1) is 4.47 Å². The number of rotatable bonds is 5. The monoisotopic (exact) mass is 450 g/mol. The Hall–Kier alpha value is -1.01. The summed E-state index contributed by atoms with van der Waals surface area (Å²) >= 11 is 5.11. The molecule has 1 atom stereocenters. The highest BCUT2D eigenvalue weighted by atomic mass is 79.9. The first-order valence-electron chi connectivity index (χ1n) is 8.74. The Bertz CT molecular complexity index is 896. The van der Waals surface area contributed by atoms with Crippen LogP contribution in [0.1, 0.15) is 36.6 Å². The van der Waals surface area contributed by atoms with Crippen molar-refractivity contribution in [2.45, 2.75) is 44.3 Å². The summed E-state index contributed by atoms with van der Waals surface area (Å²) in [5, 5.41) is 1.06. The summed E-state index contributed by atoms with van der Waals surface area (Å²) in [5.41, 5.74) is 1.08. The first kappa shape index (κ1) is 19.7. The lowest BCUT2D eigenvalue weighted by atomic mass is 9.88. The van der Waals surface area contributed by atoms with Crippen LogP contribution in [-0.4, -0.2) is 13.1 Å². The fraction of sp³-hybridized carbons (Fsp3) is 0.333. The van der Waals surface area contributed by atoms with Gasteiger partial charge in [0.1, 0.15) is 5.82 Å². The molecule has 0 radical (unpaired) electrons. The number of halogens is 2. The van der Waals surface area contributed by atoms with Crippen molar-refractivity contribution in [2.24, 2.45) is 0 Å². The van der Waals surface area contributed by atoms with Gasteiger partial charge >= 0.3 is 0 Å². The van der Waals surface area contributed by atoms with Crippen LogP contribution in [0.3, 0.4) is 0 Å². The molecule has 1 unspecified atom stereocenters. The molecular weight excluding hydrogens is 427 g/mol. The molecule has 0 aliphatic carbocycles. The zero-order valence-corrected chi connectivity index (χ0v) is 18.9. The predicted octanol–water partition coefficient (Wildman–Crippen LogP) is 7.30. The quantitative estimate of drug-likeness (QED) is 0.404. The maximum Gasteiger partial charge on any atom is 0.188 e. The second-order valence-electron chi connectivity index (χ2n) is 8.06. The lowest BCUT2D eigenvalue weighted by Crippen LogP contribution is -2.40. The predicted molar refractivity (Wildman–Crippen MR) is 116 cm³/mol. The largest absolute Gasteiger partial charge is 0.432 e. The van der Waals surface area contributed by atoms with Gasteiger partial charge in [-0.25, -0.2) is 4.39 Å². The van der Waals surface area contributed by atoms with Crippen LogP contribution in [0, 0.1) is 5.82 Å². The Balaban J connectivity index is 2.10. The van der Waals surface area contributed by atoms with E-state index < -0.39 is 8.32 Å². The maximum absolute atomic E-state index is 13.8. The van der Waals surface area contributed by atoms with Crippen LogP contribution in [-0.2, 0) is 0 Å². The van der Waals surface area contributed by atoms with Gasteiger partial charge in [0, 0.05) is 15.5 Å². The van der Waals surface area contributed by atoms with Gasteiger partial charge < -0.3 is 4.80 Å². The van der Waals surface area contributed by atoms with Gasteiger partial charge in [-0.1, -0.05) is 38.1 Å². The zero-order chi connectivity index (χ0) is 19.1. The summed E-state index contributed by atoms with van der Waals surface area (Å²) in [6.07, 6.45) is 0.827. The number of thiophene rings is 1. The van der Waals surface area contributed by atoms with Crippen LogP contribution in [0.4, 0.5) is 4.39 Å². The molecule has 3 aromatic rings. The molecule has 0 aliphatic rings. The van der Waals surface area contributed by atoms with Crippen molar-refractivity contribution in [3.8, 4) is 0 Å². The highest BCUT2D eigenvalue weighted by Gasteiger charge is 2.40. The molecule has 0 spiro atoms. The van der Waals surface area contributed by atoms with Gasteiger partial charge in [-0.15, -0.1) is 11.3 Å². The zero-order valence-electron chi connectivity index (χ0n) is 15.5. The minimum absolute atomic E-state index is 0.123. The third-order valence-corrected chi connectivity index (χ3v) is 10.9. The van der Waals surface area contributed by atoms with Crippen LogP contribution in [0.15, 0.2) is 53.0 Å². The van der Waals surface area contributed by atoms with E-state index >= 15 is 0 Å². The van der Waals surface area contributed by atoms with Crippen LogP contribution in [0.25, 0.3) is 10.1 Å². The normalized spacial score (nSPS) is 14.0. The summed E-state index contributed by atoms with van der Waals surface area (Å²) in [4.78, 5) is 12.1. The van der Waals surface area contributed by atoms with Gasteiger partial charge in [0.25, 0.3) is 0 Å². The molecule has 26 heavy (non-hydrogen) atoms. The molecule has 1 aromatic heterocycles. The molecule has 5 heteroatoms. The highest BCUT2D eigenvalue weighted by Crippen LogP contribution is 2.48. The maximum atomic E-state index is 13.8. The number of benzene rings is 2. The van der Waals surface area contributed by atoms with E-state index in [1.807, 2.05) is 25.2 Å². The Morgan fingerprint density at radius 2 is 1.85 bits per heavy atom. The third kappa shape index (κ3) is 3.96. The molecule has 0 fully saturated rings. The van der Waals surface area contributed by atoms with E-state index in [1.165, 1.54) is 21.0 Å². The van der Waals surface area contributed by atoms with E-state index in [0.29, 0.717) is 4.47 Å². The lowest BCUT2D eigenvalue weighted by molar-refractivity contribution is 0.438. The number of hydrogen-bond donors (Lipinski definition) is 1. The molecule has 0 amide bonds. The molecule has 1 heterocycles. The van der Waals surface area contributed by atoms with Crippen molar-refractivity contribution in [2.75, 3.05) is 0 Å². The van der Waals surface area contributed by atoms with Crippen LogP contribution < -0.4 is 0 Å². The molecule has 1 N–H and O–H groups in total. The van der Waals surface area contributed by atoms with Gasteiger partial charge in [-0.3, -0.25) is 0 Å². The molecule has 138 valence electrons. The van der Waals surface area contributed by atoms with Crippen molar-refractivity contribution in [3.05, 3.63) is 69.3 Å². The summed E-state index contributed by atoms with van der Waals surface area (Å²) in [6, 6.07) is 15.9. The van der Waals surface area contributed by atoms with Gasteiger partial charge in [0.2, 0.25) is 0 Å². The molecule has 0 aliphatic heterocycles. The molecule has 0 saturated carbocycles. The molecule has 3 rings (SSSR count). The van der Waals surface area contributed by atoms with Crippen molar-refractivity contribution in [3.63, 3.8) is 0 Å². The molecule has 0 saturated heterocycles. The Morgan fingerprint density at radius 3 is 2.46 bits per heavy atom. The standard InChI is InChI=1S/C21H24BrFOSSi/c1-21(2,26(3,4)24)13-16(14-9-10-18(23)17(22)11-14)20-12-15-7-5-6-8-19(15)25-20/h5-12,16,24H,13H2,1-4H3. The summed E-state index contributed by atoms with van der Waals surface area (Å²) < 4.78 is 15.5. The fourth-order valence-electron chi connectivity index (χ4n) is 3.05. The SMILES string of the molecule is CC(C)(CC(c1ccc(F)c(Br)c1)c1cc2ccccc2s1)[Si](C)(C)O. The van der Waals surface area contributed by atoms with E-state index in [9.17, 15) is 9.19 Å².